The van der Waals surface area contributed by atoms with E-state index in [1.54, 1.807) is 43.3 Å². The van der Waals surface area contributed by atoms with Crippen molar-refractivity contribution in [2.45, 2.75) is 44.0 Å². The zero-order chi connectivity index (χ0) is 21.5. The number of nitrogens with zero attached hydrogens (tertiary/aromatic N) is 2. The molecule has 162 valence electrons. The molecule has 0 heterocycles. The van der Waals surface area contributed by atoms with Gasteiger partial charge in [0.2, 0.25) is 15.9 Å². The number of aliphatic imine (C=N–C) groups is 1. The largest absolute Gasteiger partial charge is 0.357 e. The summed E-state index contributed by atoms with van der Waals surface area (Å²) in [6, 6.07) is 6.65. The molecule has 0 saturated heterocycles. The predicted octanol–water partition coefficient (Wildman–Crippen LogP) is 1.30. The number of carbonyl (C=O) groups excluding carboxylic acids is 1. The third-order valence-corrected chi connectivity index (χ3v) is 6.71. The van der Waals surface area contributed by atoms with E-state index in [4.69, 9.17) is 0 Å². The average Bonchev–Trinajstić information content (AvgIpc) is 3.19. The zero-order valence-corrected chi connectivity index (χ0v) is 18.6. The summed E-state index contributed by atoms with van der Waals surface area (Å²) in [7, 11) is 1.56. The Hall–Kier alpha value is -2.13. The van der Waals surface area contributed by atoms with Gasteiger partial charge in [0.1, 0.15) is 0 Å². The second-order valence-corrected chi connectivity index (χ2v) is 9.47. The van der Waals surface area contributed by atoms with Crippen LogP contribution in [0.1, 0.15) is 38.2 Å². The summed E-state index contributed by atoms with van der Waals surface area (Å²) in [5, 5.41) is 6.55. The first-order chi connectivity index (χ1) is 13.7. The Kier molecular flexibility index (Phi) is 8.04. The Labute approximate surface area is 174 Å². The minimum absolute atomic E-state index is 0.166. The van der Waals surface area contributed by atoms with E-state index >= 15 is 0 Å². The van der Waals surface area contributed by atoms with Gasteiger partial charge < -0.3 is 15.5 Å². The Balaban J connectivity index is 2.07. The van der Waals surface area contributed by atoms with Gasteiger partial charge in [-0.3, -0.25) is 4.79 Å². The summed E-state index contributed by atoms with van der Waals surface area (Å²) < 4.78 is 25.9. The number of nitrogens with one attached hydrogen (secondary N) is 3. The summed E-state index contributed by atoms with van der Waals surface area (Å²) in [6.07, 6.45) is 3.91. The van der Waals surface area contributed by atoms with Crippen LogP contribution in [0.4, 0.5) is 0 Å². The zero-order valence-electron chi connectivity index (χ0n) is 17.8. The van der Waals surface area contributed by atoms with Crippen LogP contribution in [-0.4, -0.2) is 59.4 Å². The topological polar surface area (TPSA) is 103 Å². The molecule has 3 N–H and O–H groups in total. The van der Waals surface area contributed by atoms with Crippen LogP contribution in [0.25, 0.3) is 0 Å². The summed E-state index contributed by atoms with van der Waals surface area (Å²) in [4.78, 5) is 19.2. The first-order valence-electron chi connectivity index (χ1n) is 10.0. The van der Waals surface area contributed by atoms with Gasteiger partial charge in [-0.05, 0) is 44.5 Å². The van der Waals surface area contributed by atoms with Crippen LogP contribution in [0, 0.1) is 5.41 Å². The number of sulfonamides is 1. The fourth-order valence-corrected chi connectivity index (χ4v) is 4.38. The molecule has 1 amide bonds. The maximum absolute atomic E-state index is 12.7. The average molecular weight is 424 g/mol. The molecule has 1 aromatic carbocycles. The molecule has 0 atom stereocenters. The van der Waals surface area contributed by atoms with Gasteiger partial charge in [-0.25, -0.2) is 18.1 Å². The van der Waals surface area contributed by atoms with Crippen LogP contribution >= 0.6 is 0 Å². The van der Waals surface area contributed by atoms with Gasteiger partial charge in [-0.2, -0.15) is 0 Å². The molecule has 1 aromatic rings. The van der Waals surface area contributed by atoms with E-state index in [2.05, 4.69) is 20.3 Å². The Morgan fingerprint density at radius 3 is 2.28 bits per heavy atom. The molecular formula is C20H33N5O3S. The number of hydrogen-bond donors (Lipinski definition) is 3. The van der Waals surface area contributed by atoms with Crippen molar-refractivity contribution in [3.8, 4) is 0 Å². The first-order valence-corrected chi connectivity index (χ1v) is 11.5. The van der Waals surface area contributed by atoms with Gasteiger partial charge in [0.05, 0.1) is 16.9 Å². The van der Waals surface area contributed by atoms with E-state index in [1.807, 2.05) is 6.92 Å². The van der Waals surface area contributed by atoms with E-state index in [0.29, 0.717) is 25.6 Å². The van der Waals surface area contributed by atoms with Gasteiger partial charge in [0.15, 0.2) is 5.96 Å². The van der Waals surface area contributed by atoms with Crippen LogP contribution in [0.5, 0.6) is 0 Å². The van der Waals surface area contributed by atoms with Gasteiger partial charge >= 0.3 is 0 Å². The standard InChI is InChI=1S/C20H33N5O3S/c1-5-22-19(24-15-20(12-6-7-13-20)18(26)25(3)4)23-14-16-8-10-17(11-9-16)29(27,28)21-2/h8-11,21H,5-7,12-15H2,1-4H3,(H2,22,23,24). The molecule has 1 fully saturated rings. The van der Waals surface area contributed by atoms with Gasteiger partial charge in [-0.15, -0.1) is 0 Å². The lowest BCUT2D eigenvalue weighted by molar-refractivity contribution is -0.138. The van der Waals surface area contributed by atoms with E-state index in [9.17, 15) is 13.2 Å². The monoisotopic (exact) mass is 423 g/mol. The molecule has 0 unspecified atom stereocenters. The highest BCUT2D eigenvalue weighted by Gasteiger charge is 2.42. The minimum atomic E-state index is -3.44. The Morgan fingerprint density at radius 2 is 1.76 bits per heavy atom. The molecule has 1 aliphatic rings. The fraction of sp³-hybridized carbons (Fsp3) is 0.600. The molecule has 1 aliphatic carbocycles. The summed E-state index contributed by atoms with van der Waals surface area (Å²) in [5.74, 6) is 0.817. The lowest BCUT2D eigenvalue weighted by Gasteiger charge is -2.31. The molecule has 8 nitrogen and oxygen atoms in total. The first kappa shape index (κ1) is 23.2. The normalized spacial score (nSPS) is 16.5. The van der Waals surface area contributed by atoms with E-state index in [-0.39, 0.29) is 16.2 Å². The number of hydrogen-bond acceptors (Lipinski definition) is 4. The van der Waals surface area contributed by atoms with Gasteiger partial charge in [-0.1, -0.05) is 25.0 Å². The summed E-state index contributed by atoms with van der Waals surface area (Å²) in [6.45, 7) is 3.66. The van der Waals surface area contributed by atoms with Crippen molar-refractivity contribution in [2.75, 3.05) is 34.2 Å². The number of carbonyl (C=O) groups is 1. The second-order valence-electron chi connectivity index (χ2n) is 7.59. The van der Waals surface area contributed by atoms with Crippen molar-refractivity contribution in [3.63, 3.8) is 0 Å². The van der Waals surface area contributed by atoms with Crippen molar-refractivity contribution in [3.05, 3.63) is 29.8 Å². The van der Waals surface area contributed by atoms with Crippen LogP contribution in [0.2, 0.25) is 0 Å². The summed E-state index contributed by atoms with van der Waals surface area (Å²) in [5.41, 5.74) is 0.528. The van der Waals surface area contributed by atoms with Crippen LogP contribution in [0.3, 0.4) is 0 Å². The van der Waals surface area contributed by atoms with E-state index < -0.39 is 10.0 Å². The molecule has 29 heavy (non-hydrogen) atoms. The van der Waals surface area contributed by atoms with Gasteiger partial charge in [0.25, 0.3) is 0 Å². The molecule has 9 heteroatoms. The van der Waals surface area contributed by atoms with Crippen LogP contribution < -0.4 is 15.4 Å². The van der Waals surface area contributed by atoms with Crippen molar-refractivity contribution in [1.29, 1.82) is 0 Å². The predicted molar refractivity (Wildman–Crippen MR) is 115 cm³/mol. The molecule has 0 radical (unpaired) electrons. The highest BCUT2D eigenvalue weighted by atomic mass is 32.2. The SMILES string of the molecule is CCNC(=NCc1ccc(S(=O)(=O)NC)cc1)NCC1(C(=O)N(C)C)CCCC1. The van der Waals surface area contributed by atoms with E-state index in [1.165, 1.54) is 7.05 Å². The lowest BCUT2D eigenvalue weighted by Crippen LogP contribution is -2.49. The Bertz CT molecular complexity index is 813. The van der Waals surface area contributed by atoms with Crippen LogP contribution in [0.15, 0.2) is 34.2 Å². The molecule has 0 spiro atoms. The highest BCUT2D eigenvalue weighted by Crippen LogP contribution is 2.38. The number of rotatable bonds is 8. The smallest absolute Gasteiger partial charge is 0.240 e. The molecule has 0 bridgehead atoms. The van der Waals surface area contributed by atoms with Crippen LogP contribution in [-0.2, 0) is 21.4 Å². The molecule has 1 saturated carbocycles. The second kappa shape index (κ2) is 10.1. The third-order valence-electron chi connectivity index (χ3n) is 5.28. The van der Waals surface area contributed by atoms with E-state index in [0.717, 1.165) is 31.2 Å². The Morgan fingerprint density at radius 1 is 1.14 bits per heavy atom. The quantitative estimate of drug-likeness (QED) is 0.432. The van der Waals surface area contributed by atoms with Crippen molar-refractivity contribution in [1.82, 2.24) is 20.3 Å². The number of guanidine groups is 1. The molecule has 2 rings (SSSR count). The third kappa shape index (κ3) is 5.93. The minimum Gasteiger partial charge on any atom is -0.357 e. The maximum Gasteiger partial charge on any atom is 0.240 e. The van der Waals surface area contributed by atoms with Crippen molar-refractivity contribution >= 4 is 21.9 Å². The number of amides is 1. The summed E-state index contributed by atoms with van der Waals surface area (Å²) >= 11 is 0. The van der Waals surface area contributed by atoms with Gasteiger partial charge in [0, 0.05) is 27.2 Å². The lowest BCUT2D eigenvalue weighted by atomic mass is 9.84. The maximum atomic E-state index is 12.7. The molecule has 0 aromatic heterocycles. The number of benzene rings is 1. The highest BCUT2D eigenvalue weighted by molar-refractivity contribution is 7.89. The molecular weight excluding hydrogens is 390 g/mol. The van der Waals surface area contributed by atoms with Crippen molar-refractivity contribution < 1.29 is 13.2 Å². The fourth-order valence-electron chi connectivity index (χ4n) is 3.65. The van der Waals surface area contributed by atoms with Crippen molar-refractivity contribution in [2.24, 2.45) is 10.4 Å². The molecule has 0 aliphatic heterocycles.